The fraction of sp³-hybridized carbons (Fsp3) is 0.779. The molecule has 0 aliphatic heterocycles. The number of unbranched alkanes of at least 4 members (excludes halogenated alkanes) is 41. The lowest BCUT2D eigenvalue weighted by Gasteiger charge is -2.18. The summed E-state index contributed by atoms with van der Waals surface area (Å²) in [4.78, 5) is 38.5. The monoisotopic (exact) mass is 1160 g/mol. The second-order valence-corrected chi connectivity index (χ2v) is 24.1. The lowest BCUT2D eigenvalue weighted by atomic mass is 10.0. The van der Waals surface area contributed by atoms with Crippen LogP contribution in [0.4, 0.5) is 0 Å². The highest BCUT2D eigenvalue weighted by molar-refractivity contribution is 5.71. The first kappa shape index (κ1) is 79.6. The number of ether oxygens (including phenoxy) is 3. The summed E-state index contributed by atoms with van der Waals surface area (Å²) >= 11 is 0. The van der Waals surface area contributed by atoms with Gasteiger partial charge in [-0.05, 0) is 96.3 Å². The highest BCUT2D eigenvalue weighted by Gasteiger charge is 2.19. The van der Waals surface area contributed by atoms with Crippen LogP contribution in [0.3, 0.4) is 0 Å². The second kappa shape index (κ2) is 71.1. The van der Waals surface area contributed by atoms with Crippen molar-refractivity contribution in [2.75, 3.05) is 13.2 Å². The zero-order chi connectivity index (χ0) is 59.9. The topological polar surface area (TPSA) is 78.9 Å². The summed E-state index contributed by atoms with van der Waals surface area (Å²) in [6.07, 6.45) is 94.6. The van der Waals surface area contributed by atoms with Crippen LogP contribution in [0.5, 0.6) is 0 Å². The highest BCUT2D eigenvalue weighted by Crippen LogP contribution is 2.18. The molecule has 0 N–H and O–H groups in total. The molecule has 0 spiro atoms. The molecule has 0 amide bonds. The summed E-state index contributed by atoms with van der Waals surface area (Å²) in [6.45, 7) is 6.58. The van der Waals surface area contributed by atoms with E-state index in [0.717, 1.165) is 96.3 Å². The first-order valence-electron chi connectivity index (χ1n) is 36.1. The molecule has 0 aliphatic carbocycles. The Morgan fingerprint density at radius 1 is 0.253 bits per heavy atom. The van der Waals surface area contributed by atoms with Gasteiger partial charge in [-0.3, -0.25) is 14.4 Å². The number of rotatable bonds is 66. The van der Waals surface area contributed by atoms with E-state index in [4.69, 9.17) is 14.2 Å². The lowest BCUT2D eigenvalue weighted by molar-refractivity contribution is -0.167. The van der Waals surface area contributed by atoms with Crippen LogP contribution in [0.25, 0.3) is 0 Å². The third kappa shape index (κ3) is 69.3. The minimum absolute atomic E-state index is 0.0723. The predicted octanol–water partition coefficient (Wildman–Crippen LogP) is 25.0. The Bertz CT molecular complexity index is 1570. The van der Waals surface area contributed by atoms with Crippen molar-refractivity contribution in [2.24, 2.45) is 0 Å². The quantitative estimate of drug-likeness (QED) is 0.0261. The average molecular weight is 1160 g/mol. The summed E-state index contributed by atoms with van der Waals surface area (Å²) in [5, 5.41) is 0. The van der Waals surface area contributed by atoms with Crippen molar-refractivity contribution < 1.29 is 28.6 Å². The Labute approximate surface area is 515 Å². The van der Waals surface area contributed by atoms with Gasteiger partial charge in [0.2, 0.25) is 0 Å². The molecule has 0 aromatic rings. The largest absolute Gasteiger partial charge is 0.462 e. The maximum absolute atomic E-state index is 13.0. The maximum Gasteiger partial charge on any atom is 0.306 e. The van der Waals surface area contributed by atoms with Gasteiger partial charge in [0.05, 0.1) is 0 Å². The normalized spacial score (nSPS) is 12.6. The van der Waals surface area contributed by atoms with Crippen LogP contribution >= 0.6 is 0 Å². The van der Waals surface area contributed by atoms with E-state index in [0.29, 0.717) is 19.3 Å². The van der Waals surface area contributed by atoms with Crippen molar-refractivity contribution in [3.63, 3.8) is 0 Å². The van der Waals surface area contributed by atoms with E-state index in [1.54, 1.807) is 0 Å². The molecule has 6 nitrogen and oxygen atoms in total. The summed E-state index contributed by atoms with van der Waals surface area (Å²) < 4.78 is 17.0. The Hall–Kier alpha value is -3.41. The Kier molecular flexibility index (Phi) is 68.2. The second-order valence-electron chi connectivity index (χ2n) is 24.1. The van der Waals surface area contributed by atoms with E-state index in [9.17, 15) is 14.4 Å². The van der Waals surface area contributed by atoms with Gasteiger partial charge in [-0.15, -0.1) is 0 Å². The van der Waals surface area contributed by atoms with E-state index in [-0.39, 0.29) is 31.1 Å². The Morgan fingerprint density at radius 2 is 0.470 bits per heavy atom. The van der Waals surface area contributed by atoms with Crippen LogP contribution in [-0.4, -0.2) is 37.2 Å². The highest BCUT2D eigenvalue weighted by atomic mass is 16.6. The third-order valence-corrected chi connectivity index (χ3v) is 15.9. The summed E-state index contributed by atoms with van der Waals surface area (Å²) in [6, 6.07) is 0. The molecule has 1 unspecified atom stereocenters. The van der Waals surface area contributed by atoms with Gasteiger partial charge in [0.1, 0.15) is 13.2 Å². The van der Waals surface area contributed by atoms with Crippen molar-refractivity contribution in [3.8, 4) is 0 Å². The molecule has 6 heteroatoms. The zero-order valence-corrected chi connectivity index (χ0v) is 55.2. The molecule has 0 aromatic carbocycles. The summed E-state index contributed by atoms with van der Waals surface area (Å²) in [5.41, 5.74) is 0. The molecular weight excluding hydrogens is 1020 g/mol. The average Bonchev–Trinajstić information content (AvgIpc) is 3.49. The molecule has 0 rings (SSSR count). The standard InChI is InChI=1S/C77H136O6/c1-4-7-10-13-16-19-22-25-28-30-32-33-34-35-36-37-38-39-40-41-42-43-45-46-49-52-55-58-61-64-67-70-76(79)82-73-74(72-81-75(78)69-66-63-60-57-54-51-48-27-24-21-18-15-12-9-6-3)83-77(80)71-68-65-62-59-56-53-50-47-44-31-29-26-23-20-17-14-11-8-5-2/h7,10,16,19,25-26,28-29,32-33,35-36,38-39,74H,4-6,8-9,11-15,17-18,20-24,27,30-31,34,37,40-73H2,1-3H3/b10-7-,19-16-,28-25-,29-26-,33-32-,36-35-,39-38-. The van der Waals surface area contributed by atoms with Crippen LogP contribution in [0.2, 0.25) is 0 Å². The SMILES string of the molecule is CC/C=C\C/C=C\C/C=C\C/C=C\C/C=C\C/C=C\CCCCCCCCCCCCCCC(=O)OCC(COC(=O)CCCCCCCCCCCCCCCCC)OC(=O)CCCCCCCCCCC/C=C\CCCCCCCC. The van der Waals surface area contributed by atoms with Gasteiger partial charge in [-0.2, -0.15) is 0 Å². The summed E-state index contributed by atoms with van der Waals surface area (Å²) in [5.74, 6) is -0.854. The van der Waals surface area contributed by atoms with E-state index >= 15 is 0 Å². The number of hydrogen-bond donors (Lipinski definition) is 0. The third-order valence-electron chi connectivity index (χ3n) is 15.9. The first-order valence-corrected chi connectivity index (χ1v) is 36.1. The molecular formula is C77H136O6. The van der Waals surface area contributed by atoms with Crippen LogP contribution in [0.1, 0.15) is 367 Å². The van der Waals surface area contributed by atoms with Crippen molar-refractivity contribution in [1.29, 1.82) is 0 Å². The van der Waals surface area contributed by atoms with Crippen molar-refractivity contribution in [3.05, 3.63) is 85.1 Å². The molecule has 480 valence electrons. The molecule has 0 saturated carbocycles. The van der Waals surface area contributed by atoms with E-state index in [1.807, 2.05) is 0 Å². The molecule has 0 aromatic heterocycles. The fourth-order valence-corrected chi connectivity index (χ4v) is 10.5. The lowest BCUT2D eigenvalue weighted by Crippen LogP contribution is -2.30. The molecule has 83 heavy (non-hydrogen) atoms. The number of carbonyl (C=O) groups excluding carboxylic acids is 3. The smallest absolute Gasteiger partial charge is 0.306 e. The molecule has 1 atom stereocenters. The summed E-state index contributed by atoms with van der Waals surface area (Å²) in [7, 11) is 0. The molecule has 0 fully saturated rings. The van der Waals surface area contributed by atoms with Gasteiger partial charge in [0.15, 0.2) is 6.10 Å². The Morgan fingerprint density at radius 3 is 0.747 bits per heavy atom. The van der Waals surface area contributed by atoms with E-state index in [1.165, 1.54) is 231 Å². The van der Waals surface area contributed by atoms with E-state index in [2.05, 4.69) is 106 Å². The minimum Gasteiger partial charge on any atom is -0.462 e. The van der Waals surface area contributed by atoms with Crippen molar-refractivity contribution >= 4 is 17.9 Å². The van der Waals surface area contributed by atoms with Gasteiger partial charge in [0.25, 0.3) is 0 Å². The van der Waals surface area contributed by atoms with Crippen LogP contribution in [0.15, 0.2) is 85.1 Å². The van der Waals surface area contributed by atoms with Gasteiger partial charge >= 0.3 is 17.9 Å². The molecule has 0 heterocycles. The fourth-order valence-electron chi connectivity index (χ4n) is 10.5. The van der Waals surface area contributed by atoms with Gasteiger partial charge < -0.3 is 14.2 Å². The van der Waals surface area contributed by atoms with Gasteiger partial charge in [0, 0.05) is 19.3 Å². The minimum atomic E-state index is -0.777. The van der Waals surface area contributed by atoms with Crippen molar-refractivity contribution in [2.45, 2.75) is 374 Å². The Balaban J connectivity index is 4.26. The molecule has 0 aliphatic rings. The van der Waals surface area contributed by atoms with Gasteiger partial charge in [-0.25, -0.2) is 0 Å². The van der Waals surface area contributed by atoms with Crippen LogP contribution < -0.4 is 0 Å². The number of hydrogen-bond acceptors (Lipinski definition) is 6. The number of esters is 3. The number of carbonyl (C=O) groups is 3. The van der Waals surface area contributed by atoms with E-state index < -0.39 is 6.10 Å². The predicted molar refractivity (Wildman–Crippen MR) is 362 cm³/mol. The first-order chi connectivity index (χ1) is 41.0. The molecule has 0 radical (unpaired) electrons. The van der Waals surface area contributed by atoms with Crippen molar-refractivity contribution in [1.82, 2.24) is 0 Å². The van der Waals surface area contributed by atoms with Gasteiger partial charge in [-0.1, -0.05) is 337 Å². The van der Waals surface area contributed by atoms with Crippen LogP contribution in [-0.2, 0) is 28.6 Å². The van der Waals surface area contributed by atoms with Crippen LogP contribution in [0, 0.1) is 0 Å². The molecule has 0 bridgehead atoms. The zero-order valence-electron chi connectivity index (χ0n) is 55.2. The molecule has 0 saturated heterocycles. The number of allylic oxidation sites excluding steroid dienone is 14. The maximum atomic E-state index is 13.0.